The lowest BCUT2D eigenvalue weighted by Gasteiger charge is -2.33. The SMILES string of the molecule is Cc1cc(S(=O)(=O)N2CCN(Cc3nnc(-c4ccc(Cl)cc4Cl)o3)CC2)c(C)s1. The third-order valence-corrected chi connectivity index (χ3v) is 8.60. The van der Waals surface area contributed by atoms with E-state index in [9.17, 15) is 8.42 Å². The Morgan fingerprint density at radius 1 is 1.10 bits per heavy atom. The number of sulfonamides is 1. The van der Waals surface area contributed by atoms with Crippen LogP contribution in [0.2, 0.25) is 10.0 Å². The number of hydrogen-bond donors (Lipinski definition) is 0. The van der Waals surface area contributed by atoms with Crippen LogP contribution in [0.15, 0.2) is 33.6 Å². The van der Waals surface area contributed by atoms with Crippen LogP contribution in [0.5, 0.6) is 0 Å². The minimum absolute atomic E-state index is 0.330. The minimum atomic E-state index is -3.47. The number of benzene rings is 1. The van der Waals surface area contributed by atoms with Gasteiger partial charge in [0.15, 0.2) is 0 Å². The zero-order chi connectivity index (χ0) is 21.5. The van der Waals surface area contributed by atoms with Crippen molar-refractivity contribution in [2.24, 2.45) is 0 Å². The summed E-state index contributed by atoms with van der Waals surface area (Å²) in [6, 6.07) is 6.82. The molecule has 11 heteroatoms. The maximum atomic E-state index is 13.0. The monoisotopic (exact) mass is 486 g/mol. The molecule has 160 valence electrons. The van der Waals surface area contributed by atoms with Gasteiger partial charge in [-0.2, -0.15) is 4.31 Å². The first-order chi connectivity index (χ1) is 14.2. The number of nitrogens with zero attached hydrogens (tertiary/aromatic N) is 4. The molecule has 1 aliphatic rings. The van der Waals surface area contributed by atoms with Crippen LogP contribution < -0.4 is 0 Å². The van der Waals surface area contributed by atoms with Crippen molar-refractivity contribution in [2.45, 2.75) is 25.3 Å². The molecule has 3 aromatic rings. The van der Waals surface area contributed by atoms with E-state index in [1.54, 1.807) is 28.6 Å². The molecular weight excluding hydrogens is 467 g/mol. The van der Waals surface area contributed by atoms with Crippen LogP contribution in [-0.2, 0) is 16.6 Å². The van der Waals surface area contributed by atoms with Gasteiger partial charge in [-0.1, -0.05) is 23.2 Å². The highest BCUT2D eigenvalue weighted by molar-refractivity contribution is 7.89. The van der Waals surface area contributed by atoms with Gasteiger partial charge in [-0.25, -0.2) is 8.42 Å². The third kappa shape index (κ3) is 4.42. The van der Waals surface area contributed by atoms with E-state index in [2.05, 4.69) is 15.1 Å². The molecule has 0 amide bonds. The Bertz CT molecular complexity index is 1170. The smallest absolute Gasteiger partial charge is 0.249 e. The molecule has 1 aromatic carbocycles. The largest absolute Gasteiger partial charge is 0.419 e. The van der Waals surface area contributed by atoms with Crippen molar-refractivity contribution in [3.8, 4) is 11.5 Å². The summed E-state index contributed by atoms with van der Waals surface area (Å²) >= 11 is 13.6. The van der Waals surface area contributed by atoms with Crippen LogP contribution in [0.4, 0.5) is 0 Å². The highest BCUT2D eigenvalue weighted by atomic mass is 35.5. The molecule has 0 aliphatic carbocycles. The van der Waals surface area contributed by atoms with E-state index in [1.165, 1.54) is 11.3 Å². The molecule has 0 bridgehead atoms. The lowest BCUT2D eigenvalue weighted by molar-refractivity contribution is 0.168. The van der Waals surface area contributed by atoms with E-state index in [0.29, 0.717) is 65.0 Å². The molecule has 1 saturated heterocycles. The molecule has 7 nitrogen and oxygen atoms in total. The Morgan fingerprint density at radius 3 is 2.47 bits per heavy atom. The van der Waals surface area contributed by atoms with Gasteiger partial charge in [0, 0.05) is 41.0 Å². The van der Waals surface area contributed by atoms with E-state index in [-0.39, 0.29) is 0 Å². The molecular formula is C19H20Cl2N4O3S2. The predicted octanol–water partition coefficient (Wildman–Crippen LogP) is 4.23. The second-order valence-electron chi connectivity index (χ2n) is 7.08. The standard InChI is InChI=1S/C19H20Cl2N4O3S2/c1-12-9-17(13(2)29-12)30(26,27)25-7-5-24(6-8-25)11-18-22-23-19(28-18)15-4-3-14(20)10-16(15)21/h3-4,9-10H,5-8,11H2,1-2H3. The number of rotatable bonds is 5. The van der Waals surface area contributed by atoms with Crippen LogP contribution in [0.25, 0.3) is 11.5 Å². The average Bonchev–Trinajstić information content (AvgIpc) is 3.28. The van der Waals surface area contributed by atoms with Crippen molar-refractivity contribution in [3.63, 3.8) is 0 Å². The summed E-state index contributed by atoms with van der Waals surface area (Å²) in [6.07, 6.45) is 0. The summed E-state index contributed by atoms with van der Waals surface area (Å²) in [5.74, 6) is 0.785. The highest BCUT2D eigenvalue weighted by Crippen LogP contribution is 2.30. The topological polar surface area (TPSA) is 79.5 Å². The van der Waals surface area contributed by atoms with Crippen LogP contribution in [0.3, 0.4) is 0 Å². The van der Waals surface area contributed by atoms with Crippen molar-refractivity contribution >= 4 is 44.6 Å². The molecule has 2 aromatic heterocycles. The van der Waals surface area contributed by atoms with Gasteiger partial charge in [0.1, 0.15) is 0 Å². The summed E-state index contributed by atoms with van der Waals surface area (Å²) < 4.78 is 33.2. The second-order valence-corrected chi connectivity index (χ2v) is 11.3. The Hall–Kier alpha value is -1.49. The molecule has 1 aliphatic heterocycles. The molecule has 0 atom stereocenters. The van der Waals surface area contributed by atoms with Gasteiger partial charge in [-0.05, 0) is 38.1 Å². The summed E-state index contributed by atoms with van der Waals surface area (Å²) in [7, 11) is -3.47. The number of halogens is 2. The molecule has 0 radical (unpaired) electrons. The summed E-state index contributed by atoms with van der Waals surface area (Å²) in [4.78, 5) is 4.34. The predicted molar refractivity (Wildman–Crippen MR) is 118 cm³/mol. The van der Waals surface area contributed by atoms with Crippen molar-refractivity contribution in [2.75, 3.05) is 26.2 Å². The lowest BCUT2D eigenvalue weighted by atomic mass is 10.2. The Kier molecular flexibility index (Phi) is 6.20. The first-order valence-electron chi connectivity index (χ1n) is 9.31. The normalized spacial score (nSPS) is 16.3. The molecule has 0 spiro atoms. The van der Waals surface area contributed by atoms with Gasteiger partial charge in [-0.15, -0.1) is 21.5 Å². The molecule has 0 N–H and O–H groups in total. The zero-order valence-corrected chi connectivity index (χ0v) is 19.6. The molecule has 0 unspecified atom stereocenters. The number of aryl methyl sites for hydroxylation is 2. The van der Waals surface area contributed by atoms with Crippen LogP contribution >= 0.6 is 34.5 Å². The van der Waals surface area contributed by atoms with E-state index in [0.717, 1.165) is 9.75 Å². The third-order valence-electron chi connectivity index (χ3n) is 4.93. The highest BCUT2D eigenvalue weighted by Gasteiger charge is 2.31. The van der Waals surface area contributed by atoms with Gasteiger partial charge in [-0.3, -0.25) is 4.90 Å². The Morgan fingerprint density at radius 2 is 1.83 bits per heavy atom. The fourth-order valence-electron chi connectivity index (χ4n) is 3.41. The van der Waals surface area contributed by atoms with Crippen molar-refractivity contribution in [1.29, 1.82) is 0 Å². The van der Waals surface area contributed by atoms with Gasteiger partial charge < -0.3 is 4.42 Å². The Labute approximate surface area is 189 Å². The van der Waals surface area contributed by atoms with Crippen molar-refractivity contribution < 1.29 is 12.8 Å². The first kappa shape index (κ1) is 21.7. The van der Waals surface area contributed by atoms with Crippen LogP contribution in [-0.4, -0.2) is 54.0 Å². The molecule has 0 saturated carbocycles. The van der Waals surface area contributed by atoms with Gasteiger partial charge in [0.25, 0.3) is 0 Å². The van der Waals surface area contributed by atoms with Crippen LogP contribution in [0.1, 0.15) is 15.6 Å². The number of hydrogen-bond acceptors (Lipinski definition) is 7. The fraction of sp³-hybridized carbons (Fsp3) is 0.368. The first-order valence-corrected chi connectivity index (χ1v) is 12.3. The fourth-order valence-corrected chi connectivity index (χ4v) is 6.85. The number of piperazine rings is 1. The number of thiophene rings is 1. The van der Waals surface area contributed by atoms with E-state index < -0.39 is 10.0 Å². The summed E-state index contributed by atoms with van der Waals surface area (Å²) in [5, 5.41) is 9.14. The van der Waals surface area contributed by atoms with E-state index in [4.69, 9.17) is 27.6 Å². The van der Waals surface area contributed by atoms with Gasteiger partial charge >= 0.3 is 0 Å². The quantitative estimate of drug-likeness (QED) is 0.536. The maximum Gasteiger partial charge on any atom is 0.249 e. The summed E-state index contributed by atoms with van der Waals surface area (Å²) in [5.41, 5.74) is 0.622. The second kappa shape index (κ2) is 8.57. The van der Waals surface area contributed by atoms with Crippen molar-refractivity contribution in [1.82, 2.24) is 19.4 Å². The van der Waals surface area contributed by atoms with Gasteiger partial charge in [0.2, 0.25) is 21.8 Å². The van der Waals surface area contributed by atoms with Gasteiger partial charge in [0.05, 0.1) is 22.0 Å². The van der Waals surface area contributed by atoms with E-state index in [1.807, 2.05) is 13.8 Å². The summed E-state index contributed by atoms with van der Waals surface area (Å²) in [6.45, 7) is 6.22. The molecule has 3 heterocycles. The Balaban J connectivity index is 1.40. The number of aromatic nitrogens is 2. The maximum absolute atomic E-state index is 13.0. The molecule has 30 heavy (non-hydrogen) atoms. The molecule has 4 rings (SSSR count). The molecule has 1 fully saturated rings. The van der Waals surface area contributed by atoms with Crippen molar-refractivity contribution in [3.05, 3.63) is 50.0 Å². The van der Waals surface area contributed by atoms with E-state index >= 15 is 0 Å². The average molecular weight is 487 g/mol. The lowest BCUT2D eigenvalue weighted by Crippen LogP contribution is -2.48. The zero-order valence-electron chi connectivity index (χ0n) is 16.4. The van der Waals surface area contributed by atoms with Crippen LogP contribution in [0, 0.1) is 13.8 Å². The minimum Gasteiger partial charge on any atom is -0.419 e.